The first-order valence-electron chi connectivity index (χ1n) is 10.1. The van der Waals surface area contributed by atoms with Gasteiger partial charge < -0.3 is 15.4 Å². The SMILES string of the molecule is CCCCCc1c(-c2ccc3ccccc3n2)c(C(N)=O)c(C)n1CCCO. The normalized spacial score (nSPS) is 11.2. The van der Waals surface area contributed by atoms with Gasteiger partial charge in [-0.05, 0) is 38.3 Å². The molecule has 0 saturated heterocycles. The zero-order valence-corrected chi connectivity index (χ0v) is 16.7. The van der Waals surface area contributed by atoms with E-state index in [0.717, 1.165) is 59.2 Å². The molecule has 0 aliphatic carbocycles. The van der Waals surface area contributed by atoms with Crippen LogP contribution in [0.25, 0.3) is 22.2 Å². The summed E-state index contributed by atoms with van der Waals surface area (Å²) in [7, 11) is 0. The van der Waals surface area contributed by atoms with Gasteiger partial charge in [0, 0.05) is 35.5 Å². The fourth-order valence-electron chi connectivity index (χ4n) is 3.91. The number of aliphatic hydroxyl groups excluding tert-OH is 1. The van der Waals surface area contributed by atoms with E-state index in [-0.39, 0.29) is 6.61 Å². The van der Waals surface area contributed by atoms with Crippen molar-refractivity contribution < 1.29 is 9.90 Å². The Balaban J connectivity index is 2.21. The zero-order valence-electron chi connectivity index (χ0n) is 16.7. The summed E-state index contributed by atoms with van der Waals surface area (Å²) in [5.74, 6) is -0.429. The molecule has 5 heteroatoms. The van der Waals surface area contributed by atoms with E-state index in [4.69, 9.17) is 10.7 Å². The third-order valence-corrected chi connectivity index (χ3v) is 5.29. The number of primary amides is 1. The van der Waals surface area contributed by atoms with Crippen LogP contribution in [0.4, 0.5) is 0 Å². The second-order valence-electron chi connectivity index (χ2n) is 7.22. The molecule has 28 heavy (non-hydrogen) atoms. The number of pyridine rings is 1. The van der Waals surface area contributed by atoms with Crippen molar-refractivity contribution in [3.05, 3.63) is 53.3 Å². The number of hydrogen-bond acceptors (Lipinski definition) is 3. The molecule has 2 heterocycles. The molecule has 0 bridgehead atoms. The number of carbonyl (C=O) groups is 1. The molecule has 1 amide bonds. The first-order valence-corrected chi connectivity index (χ1v) is 10.1. The zero-order chi connectivity index (χ0) is 20.1. The third kappa shape index (κ3) is 3.94. The molecular weight excluding hydrogens is 350 g/mol. The molecule has 2 aromatic heterocycles. The highest BCUT2D eigenvalue weighted by Gasteiger charge is 2.25. The lowest BCUT2D eigenvalue weighted by Crippen LogP contribution is -2.14. The predicted octanol–water partition coefficient (Wildman–Crippen LogP) is 4.23. The van der Waals surface area contributed by atoms with E-state index in [9.17, 15) is 9.90 Å². The number of aromatic nitrogens is 2. The molecule has 0 unspecified atom stereocenters. The summed E-state index contributed by atoms with van der Waals surface area (Å²) < 4.78 is 2.15. The molecule has 0 radical (unpaired) electrons. The monoisotopic (exact) mass is 379 g/mol. The van der Waals surface area contributed by atoms with Crippen molar-refractivity contribution in [3.63, 3.8) is 0 Å². The fraction of sp³-hybridized carbons (Fsp3) is 0.391. The molecule has 3 N–H and O–H groups in total. The third-order valence-electron chi connectivity index (χ3n) is 5.29. The van der Waals surface area contributed by atoms with Crippen molar-refractivity contribution in [2.75, 3.05) is 6.61 Å². The van der Waals surface area contributed by atoms with Crippen LogP contribution < -0.4 is 5.73 Å². The Bertz CT molecular complexity index is 975. The van der Waals surface area contributed by atoms with Gasteiger partial charge >= 0.3 is 0 Å². The number of carbonyl (C=O) groups excluding carboxylic acids is 1. The summed E-state index contributed by atoms with van der Waals surface area (Å²) in [5, 5.41) is 10.4. The first-order chi connectivity index (χ1) is 13.6. The summed E-state index contributed by atoms with van der Waals surface area (Å²) in [6.45, 7) is 4.89. The van der Waals surface area contributed by atoms with Gasteiger partial charge in [0.05, 0.1) is 16.8 Å². The van der Waals surface area contributed by atoms with Crippen LogP contribution in [0.2, 0.25) is 0 Å². The maximum atomic E-state index is 12.4. The number of nitrogens with two attached hydrogens (primary N) is 1. The van der Waals surface area contributed by atoms with Crippen molar-refractivity contribution in [2.24, 2.45) is 5.73 Å². The van der Waals surface area contributed by atoms with E-state index >= 15 is 0 Å². The number of amides is 1. The highest BCUT2D eigenvalue weighted by atomic mass is 16.3. The van der Waals surface area contributed by atoms with Crippen LogP contribution in [0.15, 0.2) is 36.4 Å². The molecule has 148 valence electrons. The molecule has 3 aromatic rings. The lowest BCUT2D eigenvalue weighted by molar-refractivity contribution is 0.1000. The maximum Gasteiger partial charge on any atom is 0.251 e. The number of rotatable bonds is 9. The summed E-state index contributed by atoms with van der Waals surface area (Å²) in [6.07, 6.45) is 4.79. The topological polar surface area (TPSA) is 81.1 Å². The number of aliphatic hydroxyl groups is 1. The van der Waals surface area contributed by atoms with Gasteiger partial charge in [0.25, 0.3) is 5.91 Å². The second-order valence-corrected chi connectivity index (χ2v) is 7.22. The largest absolute Gasteiger partial charge is 0.396 e. The highest BCUT2D eigenvalue weighted by molar-refractivity contribution is 6.02. The minimum atomic E-state index is -0.429. The molecule has 0 aliphatic rings. The maximum absolute atomic E-state index is 12.4. The van der Waals surface area contributed by atoms with Gasteiger partial charge in [0.15, 0.2) is 0 Å². The number of nitrogens with zero attached hydrogens (tertiary/aromatic N) is 2. The average molecular weight is 380 g/mol. The molecule has 0 aliphatic heterocycles. The molecule has 0 fully saturated rings. The summed E-state index contributed by atoms with van der Waals surface area (Å²) >= 11 is 0. The summed E-state index contributed by atoms with van der Waals surface area (Å²) in [5.41, 5.74) is 10.8. The van der Waals surface area contributed by atoms with Crippen molar-refractivity contribution >= 4 is 16.8 Å². The molecule has 5 nitrogen and oxygen atoms in total. The number of unbranched alkanes of at least 4 members (excludes halogenated alkanes) is 2. The number of benzene rings is 1. The molecule has 1 aromatic carbocycles. The molecule has 3 rings (SSSR count). The van der Waals surface area contributed by atoms with E-state index in [1.54, 1.807) is 0 Å². The van der Waals surface area contributed by atoms with Crippen molar-refractivity contribution in [1.29, 1.82) is 0 Å². The summed E-state index contributed by atoms with van der Waals surface area (Å²) in [6, 6.07) is 12.0. The Hall–Kier alpha value is -2.66. The van der Waals surface area contributed by atoms with Crippen LogP contribution in [-0.2, 0) is 13.0 Å². The van der Waals surface area contributed by atoms with E-state index < -0.39 is 5.91 Å². The van der Waals surface area contributed by atoms with Gasteiger partial charge in [-0.1, -0.05) is 44.0 Å². The van der Waals surface area contributed by atoms with Crippen LogP contribution in [0.3, 0.4) is 0 Å². The molecule has 0 spiro atoms. The van der Waals surface area contributed by atoms with Gasteiger partial charge in [0.1, 0.15) is 0 Å². The number of para-hydroxylation sites is 1. The van der Waals surface area contributed by atoms with Gasteiger partial charge in [-0.15, -0.1) is 0 Å². The molecular formula is C23H29N3O2. The molecule has 0 saturated carbocycles. The lowest BCUT2D eigenvalue weighted by atomic mass is 10.0. The average Bonchev–Trinajstić information content (AvgIpc) is 2.98. The first kappa shape index (κ1) is 20.1. The Morgan fingerprint density at radius 3 is 2.64 bits per heavy atom. The van der Waals surface area contributed by atoms with Gasteiger partial charge in [-0.25, -0.2) is 4.98 Å². The number of hydrogen-bond donors (Lipinski definition) is 2. The Morgan fingerprint density at radius 2 is 1.93 bits per heavy atom. The van der Waals surface area contributed by atoms with Gasteiger partial charge in [0.2, 0.25) is 0 Å². The molecule has 0 atom stereocenters. The van der Waals surface area contributed by atoms with E-state index in [0.29, 0.717) is 18.5 Å². The Kier molecular flexibility index (Phi) is 6.47. The predicted molar refractivity (Wildman–Crippen MR) is 113 cm³/mol. The van der Waals surface area contributed by atoms with E-state index in [2.05, 4.69) is 11.5 Å². The Morgan fingerprint density at radius 1 is 1.14 bits per heavy atom. The Labute approximate surface area is 166 Å². The fourth-order valence-corrected chi connectivity index (χ4v) is 3.91. The lowest BCUT2D eigenvalue weighted by Gasteiger charge is -2.13. The smallest absolute Gasteiger partial charge is 0.251 e. The second kappa shape index (κ2) is 9.02. The van der Waals surface area contributed by atoms with Crippen LogP contribution in [0.1, 0.15) is 54.4 Å². The number of fused-ring (bicyclic) bond motifs is 1. The van der Waals surface area contributed by atoms with Crippen molar-refractivity contribution in [1.82, 2.24) is 9.55 Å². The standard InChI is InChI=1S/C23H29N3O2/c1-3-4-5-11-20-22(19-13-12-17-9-6-7-10-18(17)25-19)21(23(24)28)16(2)26(20)14-8-15-27/h6-7,9-10,12-13,27H,3-5,8,11,14-15H2,1-2H3,(H2,24,28). The van der Waals surface area contributed by atoms with E-state index in [1.807, 2.05) is 43.3 Å². The van der Waals surface area contributed by atoms with Crippen LogP contribution in [-0.4, -0.2) is 27.2 Å². The van der Waals surface area contributed by atoms with Crippen LogP contribution in [0.5, 0.6) is 0 Å². The highest BCUT2D eigenvalue weighted by Crippen LogP contribution is 2.34. The summed E-state index contributed by atoms with van der Waals surface area (Å²) in [4.78, 5) is 17.2. The minimum absolute atomic E-state index is 0.113. The van der Waals surface area contributed by atoms with Gasteiger partial charge in [-0.3, -0.25) is 4.79 Å². The quantitative estimate of drug-likeness (QED) is 0.546. The van der Waals surface area contributed by atoms with Crippen molar-refractivity contribution in [2.45, 2.75) is 52.5 Å². The minimum Gasteiger partial charge on any atom is -0.396 e. The van der Waals surface area contributed by atoms with E-state index in [1.165, 1.54) is 0 Å². The van der Waals surface area contributed by atoms with Gasteiger partial charge in [-0.2, -0.15) is 0 Å². The van der Waals surface area contributed by atoms with Crippen LogP contribution in [0, 0.1) is 6.92 Å². The van der Waals surface area contributed by atoms with Crippen LogP contribution >= 0.6 is 0 Å². The van der Waals surface area contributed by atoms with Crippen molar-refractivity contribution in [3.8, 4) is 11.3 Å².